The molecule has 17 heavy (non-hydrogen) atoms. The second-order valence-corrected chi connectivity index (χ2v) is 4.21. The first-order valence-electron chi connectivity index (χ1n) is 5.26. The third-order valence-corrected chi connectivity index (χ3v) is 2.97. The zero-order chi connectivity index (χ0) is 12.3. The van der Waals surface area contributed by atoms with Gasteiger partial charge in [0.15, 0.2) is 0 Å². The first-order chi connectivity index (χ1) is 8.24. The molecule has 90 valence electrons. The number of nitrogens with one attached hydrogen (secondary N) is 1. The molecule has 2 aromatic heterocycles. The Balaban J connectivity index is 2.28. The second kappa shape index (κ2) is 5.18. The lowest BCUT2D eigenvalue weighted by Crippen LogP contribution is -2.07. The number of fused-ring (bicyclic) bond motifs is 1. The molecule has 0 unspecified atom stereocenters. The van der Waals surface area contributed by atoms with Gasteiger partial charge in [0.25, 0.3) is 0 Å². The van der Waals surface area contributed by atoms with Crippen molar-refractivity contribution in [1.29, 1.82) is 0 Å². The van der Waals surface area contributed by atoms with Gasteiger partial charge in [-0.3, -0.25) is 4.79 Å². The average molecular weight is 251 g/mol. The number of thioether (sulfide) groups is 1. The Labute approximate surface area is 103 Å². The summed E-state index contributed by atoms with van der Waals surface area (Å²) in [4.78, 5) is 22.8. The summed E-state index contributed by atoms with van der Waals surface area (Å²) >= 11 is 1.54. The molecule has 0 bridgehead atoms. The Hall–Kier alpha value is -1.56. The molecule has 0 aliphatic rings. The van der Waals surface area contributed by atoms with Gasteiger partial charge >= 0.3 is 5.97 Å². The predicted octanol–water partition coefficient (Wildman–Crippen LogP) is 1.79. The molecular weight excluding hydrogens is 238 g/mol. The van der Waals surface area contributed by atoms with Gasteiger partial charge in [0, 0.05) is 5.69 Å². The second-order valence-electron chi connectivity index (χ2n) is 3.42. The van der Waals surface area contributed by atoms with Crippen LogP contribution in [0.4, 0.5) is 0 Å². The van der Waals surface area contributed by atoms with E-state index in [0.717, 1.165) is 21.8 Å². The van der Waals surface area contributed by atoms with Crippen LogP contribution >= 0.6 is 11.8 Å². The fourth-order valence-corrected chi connectivity index (χ4v) is 2.10. The Morgan fingerprint density at radius 3 is 3.06 bits per heavy atom. The molecule has 0 aromatic carbocycles. The molecule has 5 nitrogen and oxygen atoms in total. The number of carbonyl (C=O) groups is 1. The van der Waals surface area contributed by atoms with Crippen LogP contribution in [-0.4, -0.2) is 33.8 Å². The highest BCUT2D eigenvalue weighted by atomic mass is 32.2. The Bertz CT molecular complexity index is 538. The van der Waals surface area contributed by atoms with E-state index >= 15 is 0 Å². The van der Waals surface area contributed by atoms with Crippen LogP contribution in [0.1, 0.15) is 12.6 Å². The van der Waals surface area contributed by atoms with Gasteiger partial charge in [-0.25, -0.2) is 9.97 Å². The van der Waals surface area contributed by atoms with Crippen LogP contribution < -0.4 is 0 Å². The van der Waals surface area contributed by atoms with Crippen molar-refractivity contribution in [3.63, 3.8) is 0 Å². The lowest BCUT2D eigenvalue weighted by Gasteiger charge is -1.99. The fourth-order valence-electron chi connectivity index (χ4n) is 1.59. The molecule has 0 saturated carbocycles. The number of hydrogen-bond acceptors (Lipinski definition) is 5. The number of H-pyrrole nitrogens is 1. The maximum Gasteiger partial charge on any atom is 0.311 e. The van der Waals surface area contributed by atoms with Crippen LogP contribution in [0.3, 0.4) is 0 Å². The van der Waals surface area contributed by atoms with Gasteiger partial charge < -0.3 is 9.72 Å². The van der Waals surface area contributed by atoms with E-state index in [9.17, 15) is 4.79 Å². The van der Waals surface area contributed by atoms with E-state index < -0.39 is 0 Å². The normalized spacial score (nSPS) is 10.7. The van der Waals surface area contributed by atoms with Crippen molar-refractivity contribution in [1.82, 2.24) is 15.0 Å². The van der Waals surface area contributed by atoms with Gasteiger partial charge in [-0.15, -0.1) is 11.8 Å². The summed E-state index contributed by atoms with van der Waals surface area (Å²) in [5.74, 6) is -0.238. The fraction of sp³-hybridized carbons (Fsp3) is 0.364. The first-order valence-corrected chi connectivity index (χ1v) is 6.49. The molecule has 2 heterocycles. The van der Waals surface area contributed by atoms with Crippen molar-refractivity contribution in [2.75, 3.05) is 12.9 Å². The standard InChI is InChI=1S/C11H13N3O2S/c1-3-16-9(15)5-7-4-8-10(14-7)11(17-2)13-6-12-8/h4,6,14H,3,5H2,1-2H3. The Kier molecular flexibility index (Phi) is 3.63. The Morgan fingerprint density at radius 1 is 1.53 bits per heavy atom. The summed E-state index contributed by atoms with van der Waals surface area (Å²) in [6.45, 7) is 2.19. The average Bonchev–Trinajstić information content (AvgIpc) is 2.70. The number of carbonyl (C=O) groups excluding carboxylic acids is 1. The molecule has 6 heteroatoms. The van der Waals surface area contributed by atoms with Crippen molar-refractivity contribution >= 4 is 28.8 Å². The molecule has 0 aliphatic heterocycles. The van der Waals surface area contributed by atoms with Crippen LogP contribution in [-0.2, 0) is 16.0 Å². The third-order valence-electron chi connectivity index (χ3n) is 2.27. The molecule has 0 spiro atoms. The highest BCUT2D eigenvalue weighted by Crippen LogP contribution is 2.22. The number of nitrogens with zero attached hydrogens (tertiary/aromatic N) is 2. The zero-order valence-corrected chi connectivity index (χ0v) is 10.5. The van der Waals surface area contributed by atoms with Crippen molar-refractivity contribution in [2.24, 2.45) is 0 Å². The van der Waals surface area contributed by atoms with Crippen molar-refractivity contribution in [3.05, 3.63) is 18.1 Å². The SMILES string of the molecule is CCOC(=O)Cc1cc2ncnc(SC)c2[nH]1. The summed E-state index contributed by atoms with van der Waals surface area (Å²) in [5, 5.41) is 0.880. The van der Waals surface area contributed by atoms with Crippen LogP contribution in [0.2, 0.25) is 0 Å². The van der Waals surface area contributed by atoms with E-state index in [1.54, 1.807) is 18.7 Å². The molecule has 0 saturated heterocycles. The van der Waals surface area contributed by atoms with E-state index in [-0.39, 0.29) is 12.4 Å². The van der Waals surface area contributed by atoms with Gasteiger partial charge in [-0.2, -0.15) is 0 Å². The summed E-state index contributed by atoms with van der Waals surface area (Å²) < 4.78 is 4.90. The summed E-state index contributed by atoms with van der Waals surface area (Å²) in [5.41, 5.74) is 2.50. The molecule has 0 radical (unpaired) electrons. The highest BCUT2D eigenvalue weighted by molar-refractivity contribution is 7.98. The van der Waals surface area contributed by atoms with Gasteiger partial charge in [0.2, 0.25) is 0 Å². The van der Waals surface area contributed by atoms with Crippen LogP contribution in [0.15, 0.2) is 17.4 Å². The molecule has 2 aromatic rings. The molecule has 0 atom stereocenters. The van der Waals surface area contributed by atoms with Crippen LogP contribution in [0, 0.1) is 0 Å². The van der Waals surface area contributed by atoms with Crippen LogP contribution in [0.5, 0.6) is 0 Å². The number of esters is 1. The smallest absolute Gasteiger partial charge is 0.311 e. The first kappa shape index (κ1) is 11.9. The molecule has 1 N–H and O–H groups in total. The summed E-state index contributed by atoms with van der Waals surface area (Å²) in [6.07, 6.45) is 3.71. The lowest BCUT2D eigenvalue weighted by atomic mass is 10.3. The quantitative estimate of drug-likeness (QED) is 0.509. The van der Waals surface area contributed by atoms with Gasteiger partial charge in [-0.05, 0) is 19.2 Å². The van der Waals surface area contributed by atoms with E-state index in [4.69, 9.17) is 4.74 Å². The number of aromatic nitrogens is 3. The van der Waals surface area contributed by atoms with Gasteiger partial charge in [0.1, 0.15) is 11.4 Å². The molecule has 0 fully saturated rings. The topological polar surface area (TPSA) is 67.9 Å². The van der Waals surface area contributed by atoms with E-state index in [1.165, 1.54) is 6.33 Å². The maximum atomic E-state index is 11.4. The van der Waals surface area contributed by atoms with Crippen LogP contribution in [0.25, 0.3) is 11.0 Å². The third kappa shape index (κ3) is 2.58. The number of hydrogen-bond donors (Lipinski definition) is 1. The van der Waals surface area contributed by atoms with E-state index in [2.05, 4.69) is 15.0 Å². The molecule has 2 rings (SSSR count). The maximum absolute atomic E-state index is 11.4. The van der Waals surface area contributed by atoms with Gasteiger partial charge in [0.05, 0.1) is 24.1 Å². The monoisotopic (exact) mass is 251 g/mol. The number of aromatic amines is 1. The van der Waals surface area contributed by atoms with Crippen molar-refractivity contribution < 1.29 is 9.53 Å². The highest BCUT2D eigenvalue weighted by Gasteiger charge is 2.10. The predicted molar refractivity (Wildman–Crippen MR) is 66.0 cm³/mol. The number of ether oxygens (including phenoxy) is 1. The van der Waals surface area contributed by atoms with Crippen molar-refractivity contribution in [2.45, 2.75) is 18.4 Å². The van der Waals surface area contributed by atoms with E-state index in [0.29, 0.717) is 6.61 Å². The van der Waals surface area contributed by atoms with Crippen molar-refractivity contribution in [3.8, 4) is 0 Å². The minimum Gasteiger partial charge on any atom is -0.466 e. The summed E-state index contributed by atoms with van der Waals surface area (Å²) in [7, 11) is 0. The summed E-state index contributed by atoms with van der Waals surface area (Å²) in [6, 6.07) is 1.85. The number of rotatable bonds is 4. The van der Waals surface area contributed by atoms with E-state index in [1.807, 2.05) is 12.3 Å². The minimum absolute atomic E-state index is 0.234. The Morgan fingerprint density at radius 2 is 2.35 bits per heavy atom. The minimum atomic E-state index is -0.238. The zero-order valence-electron chi connectivity index (χ0n) is 9.69. The van der Waals surface area contributed by atoms with Gasteiger partial charge in [-0.1, -0.05) is 0 Å². The largest absolute Gasteiger partial charge is 0.466 e. The molecule has 0 aliphatic carbocycles. The molecular formula is C11H13N3O2S. The molecule has 0 amide bonds. The lowest BCUT2D eigenvalue weighted by molar-refractivity contribution is -0.142.